The Labute approximate surface area is 219 Å². The quantitative estimate of drug-likeness (QED) is 0.386. The molecule has 0 radical (unpaired) electrons. The molecule has 1 aromatic rings. The first kappa shape index (κ1) is 26.0. The molecular weight excluding hydrogens is 504 g/mol. The number of amides is 2. The molecule has 0 bridgehead atoms. The summed E-state index contributed by atoms with van der Waals surface area (Å²) in [6, 6.07) is 8.18. The molecule has 3 atom stereocenters. The van der Waals surface area contributed by atoms with Gasteiger partial charge in [0, 0.05) is 12.3 Å². The fraction of sp³-hybridized carbons (Fsp3) is 0.500. The Hall–Kier alpha value is -2.08. The van der Waals surface area contributed by atoms with Gasteiger partial charge in [0.15, 0.2) is 0 Å². The molecule has 1 aromatic carbocycles. The molecule has 3 aliphatic rings. The Bertz CT molecular complexity index is 1050. The summed E-state index contributed by atoms with van der Waals surface area (Å²) in [5, 5.41) is 12.1. The topological polar surface area (TPSA) is 93.2 Å². The van der Waals surface area contributed by atoms with Gasteiger partial charge in [-0.05, 0) is 30.4 Å². The van der Waals surface area contributed by atoms with Crippen molar-refractivity contribution in [3.05, 3.63) is 47.2 Å². The summed E-state index contributed by atoms with van der Waals surface area (Å²) >= 11 is 8.59. The van der Waals surface area contributed by atoms with E-state index < -0.39 is 23.4 Å². The molecule has 4 rings (SSSR count). The lowest BCUT2D eigenvalue weighted by atomic mass is 10.0. The molecule has 3 heterocycles. The molecule has 0 saturated carbocycles. The van der Waals surface area contributed by atoms with E-state index >= 15 is 0 Å². The molecule has 35 heavy (non-hydrogen) atoms. The van der Waals surface area contributed by atoms with E-state index in [1.54, 1.807) is 18.7 Å². The summed E-state index contributed by atoms with van der Waals surface area (Å²) in [7, 11) is 0. The van der Waals surface area contributed by atoms with Crippen molar-refractivity contribution < 1.29 is 19.5 Å². The zero-order valence-electron chi connectivity index (χ0n) is 20.0. The van der Waals surface area contributed by atoms with Gasteiger partial charge in [-0.1, -0.05) is 68.2 Å². The third-order valence-electron chi connectivity index (χ3n) is 6.33. The van der Waals surface area contributed by atoms with E-state index in [1.165, 1.54) is 16.7 Å². The number of thioether (sulfide) groups is 2. The molecular formula is C24H30N4O4S3. The van der Waals surface area contributed by atoms with Crippen LogP contribution in [0.3, 0.4) is 0 Å². The Morgan fingerprint density at radius 1 is 1.26 bits per heavy atom. The third-order valence-corrected chi connectivity index (χ3v) is 9.33. The maximum Gasteiger partial charge on any atom is 0.352 e. The minimum Gasteiger partial charge on any atom is -0.477 e. The summed E-state index contributed by atoms with van der Waals surface area (Å²) in [5.41, 5.74) is 1.52. The van der Waals surface area contributed by atoms with Gasteiger partial charge in [-0.2, -0.15) is 0 Å². The summed E-state index contributed by atoms with van der Waals surface area (Å²) in [6.45, 7) is 7.42. The van der Waals surface area contributed by atoms with E-state index in [1.807, 2.05) is 30.3 Å². The van der Waals surface area contributed by atoms with Crippen LogP contribution in [-0.4, -0.2) is 78.2 Å². The SMILES string of the molecule is CC1=C(C(=O)O)N2C(=O)[C@@H](NC(=O)C(c3ccccc3)N3CSC(=S)N(CCC(C)C)C3)[C@H]2SC1. The molecule has 188 valence electrons. The number of carboxylic acid groups (broad SMARTS) is 1. The van der Waals surface area contributed by atoms with Crippen LogP contribution in [0.4, 0.5) is 0 Å². The number of rotatable bonds is 8. The van der Waals surface area contributed by atoms with Crippen molar-refractivity contribution in [1.29, 1.82) is 0 Å². The van der Waals surface area contributed by atoms with Gasteiger partial charge in [0.2, 0.25) is 5.91 Å². The average Bonchev–Trinajstić information content (AvgIpc) is 2.83. The number of hydrogen-bond acceptors (Lipinski definition) is 7. The number of aliphatic carboxylic acids is 1. The van der Waals surface area contributed by atoms with Crippen LogP contribution >= 0.6 is 35.7 Å². The summed E-state index contributed by atoms with van der Waals surface area (Å²) in [4.78, 5) is 43.8. The van der Waals surface area contributed by atoms with Gasteiger partial charge in [0.05, 0.1) is 12.5 Å². The minimum atomic E-state index is -1.11. The van der Waals surface area contributed by atoms with Crippen LogP contribution in [-0.2, 0) is 14.4 Å². The molecule has 2 amide bonds. The molecule has 0 aliphatic carbocycles. The van der Waals surface area contributed by atoms with Crippen LogP contribution in [0.25, 0.3) is 0 Å². The van der Waals surface area contributed by atoms with Gasteiger partial charge in [-0.25, -0.2) is 4.79 Å². The maximum absolute atomic E-state index is 13.7. The average molecular weight is 535 g/mol. The van der Waals surface area contributed by atoms with Gasteiger partial charge in [0.1, 0.15) is 27.5 Å². The molecule has 11 heteroatoms. The highest BCUT2D eigenvalue weighted by molar-refractivity contribution is 8.22. The highest BCUT2D eigenvalue weighted by Crippen LogP contribution is 2.40. The molecule has 2 fully saturated rings. The van der Waals surface area contributed by atoms with Crippen molar-refractivity contribution in [1.82, 2.24) is 20.0 Å². The zero-order chi connectivity index (χ0) is 25.3. The van der Waals surface area contributed by atoms with E-state index in [0.717, 1.165) is 22.8 Å². The molecule has 2 saturated heterocycles. The van der Waals surface area contributed by atoms with Crippen LogP contribution in [0.15, 0.2) is 41.6 Å². The smallest absolute Gasteiger partial charge is 0.352 e. The third kappa shape index (κ3) is 5.37. The van der Waals surface area contributed by atoms with Crippen molar-refractivity contribution in [3.8, 4) is 0 Å². The predicted octanol–water partition coefficient (Wildman–Crippen LogP) is 3.08. The number of β-lactam (4-membered cyclic amide) rings is 1. The minimum absolute atomic E-state index is 0.0330. The molecule has 1 unspecified atom stereocenters. The predicted molar refractivity (Wildman–Crippen MR) is 142 cm³/mol. The van der Waals surface area contributed by atoms with Crippen LogP contribution in [0.5, 0.6) is 0 Å². The van der Waals surface area contributed by atoms with Crippen LogP contribution < -0.4 is 5.32 Å². The number of nitrogens with one attached hydrogen (secondary N) is 1. The number of carbonyl (C=O) groups is 3. The second kappa shape index (κ2) is 10.9. The van der Waals surface area contributed by atoms with Crippen molar-refractivity contribution in [2.24, 2.45) is 5.92 Å². The number of carboxylic acids is 1. The standard InChI is InChI=1S/C24H30N4O4S3/c1-14(2)9-10-26-12-27(13-35-24(26)33)19(16-7-5-4-6-8-16)20(29)25-17-21(30)28-18(23(31)32)15(3)11-34-22(17)28/h4-8,14,17,19,22H,9-13H2,1-3H3,(H,25,29)(H,31,32)/t17-,19?,22-/m1/s1. The first-order chi connectivity index (χ1) is 16.7. The highest BCUT2D eigenvalue weighted by atomic mass is 32.2. The van der Waals surface area contributed by atoms with Gasteiger partial charge in [-0.15, -0.1) is 11.8 Å². The van der Waals surface area contributed by atoms with Crippen molar-refractivity contribution >= 4 is 57.8 Å². The van der Waals surface area contributed by atoms with Crippen molar-refractivity contribution in [2.75, 3.05) is 24.8 Å². The number of nitrogens with zero attached hydrogens (tertiary/aromatic N) is 3. The zero-order valence-corrected chi connectivity index (χ0v) is 22.4. The Morgan fingerprint density at radius 3 is 2.63 bits per heavy atom. The molecule has 0 aromatic heterocycles. The Morgan fingerprint density at radius 2 is 1.97 bits per heavy atom. The number of hydrogen-bond donors (Lipinski definition) is 2. The van der Waals surface area contributed by atoms with Crippen molar-refractivity contribution in [3.63, 3.8) is 0 Å². The molecule has 2 N–H and O–H groups in total. The van der Waals surface area contributed by atoms with Crippen LogP contribution in [0.2, 0.25) is 0 Å². The maximum atomic E-state index is 13.7. The van der Waals surface area contributed by atoms with Crippen LogP contribution in [0, 0.1) is 5.92 Å². The normalized spacial score (nSPS) is 23.8. The van der Waals surface area contributed by atoms with Gasteiger partial charge in [0.25, 0.3) is 5.91 Å². The molecule has 8 nitrogen and oxygen atoms in total. The lowest BCUT2D eigenvalue weighted by Gasteiger charge is -2.50. The fourth-order valence-electron chi connectivity index (χ4n) is 4.45. The van der Waals surface area contributed by atoms with E-state index in [-0.39, 0.29) is 17.5 Å². The second-order valence-corrected chi connectivity index (χ2v) is 12.0. The van der Waals surface area contributed by atoms with Crippen molar-refractivity contribution in [2.45, 2.75) is 44.6 Å². The molecule has 3 aliphatic heterocycles. The number of thiocarbonyl (C=S) groups is 1. The van der Waals surface area contributed by atoms with E-state index in [9.17, 15) is 19.5 Å². The second-order valence-electron chi connectivity index (χ2n) is 9.36. The first-order valence-electron chi connectivity index (χ1n) is 11.6. The summed E-state index contributed by atoms with van der Waals surface area (Å²) in [5.74, 6) is -0.147. The van der Waals surface area contributed by atoms with Gasteiger partial charge < -0.3 is 15.3 Å². The molecule has 0 spiro atoms. The monoisotopic (exact) mass is 534 g/mol. The van der Waals surface area contributed by atoms with Gasteiger partial charge >= 0.3 is 5.97 Å². The first-order valence-corrected chi connectivity index (χ1v) is 14.0. The highest BCUT2D eigenvalue weighted by Gasteiger charge is 2.54. The van der Waals surface area contributed by atoms with E-state index in [2.05, 4.69) is 29.0 Å². The largest absolute Gasteiger partial charge is 0.477 e. The summed E-state index contributed by atoms with van der Waals surface area (Å²) in [6.07, 6.45) is 1.00. The fourth-order valence-corrected chi connectivity index (χ4v) is 6.89. The number of carbonyl (C=O) groups excluding carboxylic acids is 2. The lowest BCUT2D eigenvalue weighted by molar-refractivity contribution is -0.151. The Balaban J connectivity index is 1.53. The number of benzene rings is 1. The summed E-state index contributed by atoms with van der Waals surface area (Å²) < 4.78 is 0.834. The van der Waals surface area contributed by atoms with E-state index in [4.69, 9.17) is 12.2 Å². The van der Waals surface area contributed by atoms with Gasteiger partial charge in [-0.3, -0.25) is 19.4 Å². The number of fused-ring (bicyclic) bond motifs is 1. The lowest BCUT2D eigenvalue weighted by Crippen LogP contribution is -2.71. The van der Waals surface area contributed by atoms with E-state index in [0.29, 0.717) is 29.8 Å². The van der Waals surface area contributed by atoms with Crippen LogP contribution in [0.1, 0.15) is 38.8 Å². The Kier molecular flexibility index (Phi) is 8.09.